The first-order valence-corrected chi connectivity index (χ1v) is 6.30. The molecule has 0 saturated heterocycles. The Bertz CT molecular complexity index is 101. The van der Waals surface area contributed by atoms with Crippen molar-refractivity contribution in [2.24, 2.45) is 5.92 Å². The summed E-state index contributed by atoms with van der Waals surface area (Å²) in [5, 5.41) is 0.409. The van der Waals surface area contributed by atoms with Gasteiger partial charge in [-0.1, -0.05) is 52.9 Å². The molecule has 0 aromatic rings. The molecule has 0 saturated carbocycles. The second kappa shape index (κ2) is 8.87. The first-order chi connectivity index (χ1) is 6.22. The van der Waals surface area contributed by atoms with Crippen LogP contribution in [-0.4, -0.2) is 5.38 Å². The molecular weight excluding hydrogens is 180 g/mol. The average Bonchev–Trinajstić information content (AvgIpc) is 2.12. The third kappa shape index (κ3) is 7.37. The number of unbranched alkanes of at least 4 members (excludes halogenated alkanes) is 3. The molecule has 1 heteroatoms. The molecule has 0 spiro atoms. The zero-order chi connectivity index (χ0) is 10.1. The van der Waals surface area contributed by atoms with E-state index in [9.17, 15) is 0 Å². The highest BCUT2D eigenvalue weighted by Gasteiger charge is 2.12. The molecule has 0 radical (unpaired) electrons. The van der Waals surface area contributed by atoms with Crippen LogP contribution in [0.1, 0.15) is 65.7 Å². The summed E-state index contributed by atoms with van der Waals surface area (Å²) in [6, 6.07) is 0. The minimum Gasteiger partial charge on any atom is -0.123 e. The molecule has 80 valence electrons. The lowest BCUT2D eigenvalue weighted by Gasteiger charge is -2.16. The van der Waals surface area contributed by atoms with Crippen LogP contribution < -0.4 is 0 Å². The van der Waals surface area contributed by atoms with E-state index in [4.69, 9.17) is 11.6 Å². The molecule has 0 aromatic heterocycles. The molecule has 0 nitrogen and oxygen atoms in total. The topological polar surface area (TPSA) is 0 Å². The van der Waals surface area contributed by atoms with E-state index in [2.05, 4.69) is 20.8 Å². The van der Waals surface area contributed by atoms with Crippen LogP contribution in [0.15, 0.2) is 0 Å². The summed E-state index contributed by atoms with van der Waals surface area (Å²) in [6.45, 7) is 6.75. The van der Waals surface area contributed by atoms with Gasteiger partial charge < -0.3 is 0 Å². The van der Waals surface area contributed by atoms with Crippen molar-refractivity contribution in [3.8, 4) is 0 Å². The van der Waals surface area contributed by atoms with Crippen LogP contribution in [0.25, 0.3) is 0 Å². The minimum atomic E-state index is 0.409. The minimum absolute atomic E-state index is 0.409. The van der Waals surface area contributed by atoms with Gasteiger partial charge in [0.2, 0.25) is 0 Å². The number of alkyl halides is 1. The summed E-state index contributed by atoms with van der Waals surface area (Å²) in [7, 11) is 0. The SMILES string of the molecule is CCCCCCC(C)C(Cl)CCC. The van der Waals surface area contributed by atoms with Crippen LogP contribution in [-0.2, 0) is 0 Å². The number of hydrogen-bond acceptors (Lipinski definition) is 0. The summed E-state index contributed by atoms with van der Waals surface area (Å²) >= 11 is 6.24. The molecule has 13 heavy (non-hydrogen) atoms. The Morgan fingerprint density at radius 1 is 0.923 bits per heavy atom. The quantitative estimate of drug-likeness (QED) is 0.386. The summed E-state index contributed by atoms with van der Waals surface area (Å²) in [5.41, 5.74) is 0. The lowest BCUT2D eigenvalue weighted by molar-refractivity contribution is 0.451. The Labute approximate surface area is 89.1 Å². The van der Waals surface area contributed by atoms with E-state index in [0.29, 0.717) is 11.3 Å². The molecule has 2 unspecified atom stereocenters. The maximum absolute atomic E-state index is 6.24. The molecule has 0 heterocycles. The molecule has 0 amide bonds. The van der Waals surface area contributed by atoms with Crippen LogP contribution >= 0.6 is 11.6 Å². The lowest BCUT2D eigenvalue weighted by atomic mass is 9.97. The Morgan fingerprint density at radius 3 is 2.15 bits per heavy atom. The van der Waals surface area contributed by atoms with Gasteiger partial charge in [0.1, 0.15) is 0 Å². The van der Waals surface area contributed by atoms with Crippen LogP contribution in [0.5, 0.6) is 0 Å². The maximum Gasteiger partial charge on any atom is 0.0361 e. The average molecular weight is 205 g/mol. The van der Waals surface area contributed by atoms with E-state index >= 15 is 0 Å². The fourth-order valence-corrected chi connectivity index (χ4v) is 1.98. The highest BCUT2D eigenvalue weighted by molar-refractivity contribution is 6.20. The first-order valence-electron chi connectivity index (χ1n) is 5.86. The second-order valence-electron chi connectivity index (χ2n) is 4.13. The van der Waals surface area contributed by atoms with Crippen molar-refractivity contribution in [2.45, 2.75) is 71.1 Å². The Kier molecular flexibility index (Phi) is 9.07. The molecule has 0 N–H and O–H groups in total. The number of rotatable bonds is 8. The van der Waals surface area contributed by atoms with Crippen molar-refractivity contribution in [1.82, 2.24) is 0 Å². The van der Waals surface area contributed by atoms with Crippen LogP contribution in [0, 0.1) is 5.92 Å². The van der Waals surface area contributed by atoms with E-state index < -0.39 is 0 Å². The highest BCUT2D eigenvalue weighted by atomic mass is 35.5. The molecule has 2 atom stereocenters. The standard InChI is InChI=1S/C12H25Cl/c1-4-6-7-8-10-11(3)12(13)9-5-2/h11-12H,4-10H2,1-3H3. The van der Waals surface area contributed by atoms with Crippen molar-refractivity contribution in [1.29, 1.82) is 0 Å². The van der Waals surface area contributed by atoms with E-state index in [1.165, 1.54) is 44.9 Å². The van der Waals surface area contributed by atoms with E-state index in [-0.39, 0.29) is 0 Å². The summed E-state index contributed by atoms with van der Waals surface area (Å²) in [5.74, 6) is 0.707. The number of hydrogen-bond donors (Lipinski definition) is 0. The second-order valence-corrected chi connectivity index (χ2v) is 4.69. The Morgan fingerprint density at radius 2 is 1.62 bits per heavy atom. The van der Waals surface area contributed by atoms with E-state index in [0.717, 1.165) is 0 Å². The van der Waals surface area contributed by atoms with Gasteiger partial charge in [0.15, 0.2) is 0 Å². The summed E-state index contributed by atoms with van der Waals surface area (Å²) in [6.07, 6.45) is 9.16. The molecular formula is C12H25Cl. The van der Waals surface area contributed by atoms with Crippen LogP contribution in [0.2, 0.25) is 0 Å². The van der Waals surface area contributed by atoms with Crippen molar-refractivity contribution < 1.29 is 0 Å². The predicted octanol–water partition coefficient (Wildman–Crippen LogP) is 5.00. The van der Waals surface area contributed by atoms with Gasteiger partial charge >= 0.3 is 0 Å². The molecule has 0 aliphatic heterocycles. The largest absolute Gasteiger partial charge is 0.123 e. The number of halogens is 1. The molecule has 0 fully saturated rings. The first kappa shape index (κ1) is 13.3. The lowest BCUT2D eigenvalue weighted by Crippen LogP contribution is -2.10. The van der Waals surface area contributed by atoms with Crippen molar-refractivity contribution >= 4 is 11.6 Å². The molecule has 0 rings (SSSR count). The third-order valence-electron chi connectivity index (χ3n) is 2.69. The fourth-order valence-electron chi connectivity index (χ4n) is 1.63. The van der Waals surface area contributed by atoms with Gasteiger partial charge in [0.05, 0.1) is 0 Å². The summed E-state index contributed by atoms with van der Waals surface area (Å²) < 4.78 is 0. The van der Waals surface area contributed by atoms with Gasteiger partial charge in [0.25, 0.3) is 0 Å². The smallest absolute Gasteiger partial charge is 0.0361 e. The Hall–Kier alpha value is 0.290. The van der Waals surface area contributed by atoms with Crippen molar-refractivity contribution in [3.05, 3.63) is 0 Å². The predicted molar refractivity (Wildman–Crippen MR) is 62.5 cm³/mol. The normalized spacial score (nSPS) is 15.7. The summed E-state index contributed by atoms with van der Waals surface area (Å²) in [4.78, 5) is 0. The van der Waals surface area contributed by atoms with Gasteiger partial charge in [-0.2, -0.15) is 0 Å². The van der Waals surface area contributed by atoms with Gasteiger partial charge in [-0.3, -0.25) is 0 Å². The molecule has 0 aliphatic rings. The maximum atomic E-state index is 6.24. The van der Waals surface area contributed by atoms with Crippen molar-refractivity contribution in [2.75, 3.05) is 0 Å². The third-order valence-corrected chi connectivity index (χ3v) is 3.34. The molecule has 0 aromatic carbocycles. The van der Waals surface area contributed by atoms with E-state index in [1.807, 2.05) is 0 Å². The highest BCUT2D eigenvalue weighted by Crippen LogP contribution is 2.21. The van der Waals surface area contributed by atoms with Crippen LogP contribution in [0.3, 0.4) is 0 Å². The Balaban J connectivity index is 3.32. The van der Waals surface area contributed by atoms with E-state index in [1.54, 1.807) is 0 Å². The van der Waals surface area contributed by atoms with Gasteiger partial charge in [-0.25, -0.2) is 0 Å². The van der Waals surface area contributed by atoms with Crippen molar-refractivity contribution in [3.63, 3.8) is 0 Å². The van der Waals surface area contributed by atoms with Gasteiger partial charge in [0, 0.05) is 5.38 Å². The van der Waals surface area contributed by atoms with Gasteiger partial charge in [-0.05, 0) is 18.8 Å². The fraction of sp³-hybridized carbons (Fsp3) is 1.00. The van der Waals surface area contributed by atoms with Gasteiger partial charge in [-0.15, -0.1) is 11.6 Å². The monoisotopic (exact) mass is 204 g/mol. The molecule has 0 bridgehead atoms. The van der Waals surface area contributed by atoms with Crippen LogP contribution in [0.4, 0.5) is 0 Å². The zero-order valence-electron chi connectivity index (χ0n) is 9.48. The molecule has 0 aliphatic carbocycles. The zero-order valence-corrected chi connectivity index (χ0v) is 10.2.